The number of hydrogen-bond acceptors (Lipinski definition) is 4. The van der Waals surface area contributed by atoms with Crippen LogP contribution in [0.1, 0.15) is 6.42 Å². The van der Waals surface area contributed by atoms with Gasteiger partial charge in [0.05, 0.1) is 0 Å². The van der Waals surface area contributed by atoms with Gasteiger partial charge >= 0.3 is 0 Å². The molecule has 0 saturated carbocycles. The second-order valence-electron chi connectivity index (χ2n) is 4.08. The predicted octanol–water partition coefficient (Wildman–Crippen LogP) is 1.68. The summed E-state index contributed by atoms with van der Waals surface area (Å²) in [6, 6.07) is 1.80. The zero-order valence-electron chi connectivity index (χ0n) is 11.4. The fourth-order valence-electron chi connectivity index (χ4n) is 1.39. The number of thiocarbonyl (C=S) groups is 1. The van der Waals surface area contributed by atoms with Crippen LogP contribution in [0, 0.1) is 11.3 Å². The van der Waals surface area contributed by atoms with E-state index in [0.717, 1.165) is 18.2 Å². The van der Waals surface area contributed by atoms with Crippen LogP contribution in [0.3, 0.4) is 0 Å². The van der Waals surface area contributed by atoms with E-state index in [9.17, 15) is 0 Å². The van der Waals surface area contributed by atoms with Gasteiger partial charge in [-0.05, 0) is 30.3 Å². The normalized spacial score (nSPS) is 17.3. The van der Waals surface area contributed by atoms with E-state index in [-0.39, 0.29) is 10.7 Å². The summed E-state index contributed by atoms with van der Waals surface area (Å²) >= 11 is 6.26. The number of quaternary nitrogens is 1. The molecule has 0 spiro atoms. The maximum absolute atomic E-state index is 8.54. The molecule has 1 aliphatic rings. The lowest BCUT2D eigenvalue weighted by Gasteiger charge is -2.21. The van der Waals surface area contributed by atoms with Crippen LogP contribution in [0.5, 0.6) is 0 Å². The number of thioether (sulfide) groups is 1. The highest BCUT2D eigenvalue weighted by Crippen LogP contribution is 2.10. The van der Waals surface area contributed by atoms with Gasteiger partial charge in [-0.15, -0.1) is 0 Å². The van der Waals surface area contributed by atoms with Gasteiger partial charge in [-0.2, -0.15) is 5.26 Å². The molecule has 0 aromatic heterocycles. The molecule has 5 nitrogen and oxygen atoms in total. The lowest BCUT2D eigenvalue weighted by molar-refractivity contribution is -0.690. The highest BCUT2D eigenvalue weighted by atomic mass is 32.2. The minimum absolute atomic E-state index is 0.0784. The summed E-state index contributed by atoms with van der Waals surface area (Å²) in [5, 5.41) is 13.9. The second-order valence-corrected chi connectivity index (χ2v) is 5.45. The SMILES string of the molecule is C=C(S/C=C(\N)C#N)[NH+]([NH-])C(=S)NC/C=C1\C=CC=CC1. The molecule has 110 valence electrons. The van der Waals surface area contributed by atoms with Gasteiger partial charge in [-0.25, -0.2) is 0 Å². The Morgan fingerprint density at radius 1 is 1.67 bits per heavy atom. The van der Waals surface area contributed by atoms with Crippen molar-refractivity contribution in [3.63, 3.8) is 0 Å². The van der Waals surface area contributed by atoms with E-state index in [4.69, 9.17) is 29.1 Å². The van der Waals surface area contributed by atoms with E-state index in [0.29, 0.717) is 16.7 Å². The van der Waals surface area contributed by atoms with Gasteiger partial charge in [0.1, 0.15) is 11.8 Å². The predicted molar refractivity (Wildman–Crippen MR) is 91.5 cm³/mol. The van der Waals surface area contributed by atoms with Crippen molar-refractivity contribution in [2.75, 3.05) is 6.54 Å². The van der Waals surface area contributed by atoms with E-state index in [2.05, 4.69) is 18.0 Å². The van der Waals surface area contributed by atoms with Gasteiger partial charge in [0.15, 0.2) is 5.03 Å². The van der Waals surface area contributed by atoms with Crippen molar-refractivity contribution >= 4 is 29.1 Å². The first-order chi connectivity index (χ1) is 10.0. The minimum atomic E-state index is 0.0784. The Balaban J connectivity index is 2.40. The molecular weight excluding hydrogens is 302 g/mol. The molecule has 0 saturated heterocycles. The Labute approximate surface area is 134 Å². The molecule has 0 radical (unpaired) electrons. The first-order valence-corrected chi connectivity index (χ1v) is 7.44. The summed E-state index contributed by atoms with van der Waals surface area (Å²) in [4.78, 5) is 0. The Kier molecular flexibility index (Phi) is 7.50. The topological polar surface area (TPSA) is 90.1 Å². The van der Waals surface area contributed by atoms with Crippen molar-refractivity contribution in [1.82, 2.24) is 5.32 Å². The number of nitrogens with one attached hydrogen (secondary N) is 3. The molecule has 0 aliphatic heterocycles. The Hall–Kier alpha value is -1.85. The third kappa shape index (κ3) is 6.42. The van der Waals surface area contributed by atoms with Crippen LogP contribution in [0.4, 0.5) is 0 Å². The summed E-state index contributed by atoms with van der Waals surface area (Å²) in [6.07, 6.45) is 11.1. The molecule has 0 amide bonds. The van der Waals surface area contributed by atoms with E-state index in [1.54, 1.807) is 6.07 Å². The first kappa shape index (κ1) is 17.2. The molecule has 1 atom stereocenters. The summed E-state index contributed by atoms with van der Waals surface area (Å²) in [5.41, 5.74) is 6.64. The Bertz CT molecular complexity index is 566. The van der Waals surface area contributed by atoms with Crippen LogP contribution in [-0.4, -0.2) is 11.7 Å². The van der Waals surface area contributed by atoms with Crippen molar-refractivity contribution in [3.05, 3.63) is 64.5 Å². The molecule has 5 N–H and O–H groups in total. The summed E-state index contributed by atoms with van der Waals surface area (Å²) in [6.45, 7) is 4.30. The average molecular weight is 319 g/mol. The van der Waals surface area contributed by atoms with Crippen molar-refractivity contribution in [2.24, 2.45) is 5.73 Å². The van der Waals surface area contributed by atoms with Crippen molar-refractivity contribution in [2.45, 2.75) is 6.42 Å². The lowest BCUT2D eigenvalue weighted by Crippen LogP contribution is -3.07. The maximum Gasteiger partial charge on any atom is 0.264 e. The molecule has 0 bridgehead atoms. The van der Waals surface area contributed by atoms with Gasteiger partial charge in [-0.3, -0.25) is 0 Å². The zero-order valence-corrected chi connectivity index (χ0v) is 13.1. The van der Waals surface area contributed by atoms with Crippen LogP contribution in [0.15, 0.2) is 58.7 Å². The summed E-state index contributed by atoms with van der Waals surface area (Å²) < 4.78 is 0. The third-order valence-corrected chi connectivity index (χ3v) is 3.71. The Morgan fingerprint density at radius 2 is 2.43 bits per heavy atom. The zero-order chi connectivity index (χ0) is 15.7. The number of hydrogen-bond donors (Lipinski definition) is 3. The largest absolute Gasteiger partial charge is 0.456 e. The summed E-state index contributed by atoms with van der Waals surface area (Å²) in [7, 11) is 0. The van der Waals surface area contributed by atoms with Crippen molar-refractivity contribution in [3.8, 4) is 6.07 Å². The van der Waals surface area contributed by atoms with E-state index in [1.165, 1.54) is 11.0 Å². The monoisotopic (exact) mass is 319 g/mol. The molecule has 1 unspecified atom stereocenters. The minimum Gasteiger partial charge on any atom is -0.456 e. The van der Waals surface area contributed by atoms with Gasteiger partial charge in [0.25, 0.3) is 5.11 Å². The fraction of sp³-hybridized carbons (Fsp3) is 0.143. The maximum atomic E-state index is 8.54. The second kappa shape index (κ2) is 9.15. The average Bonchev–Trinajstić information content (AvgIpc) is 2.52. The smallest absolute Gasteiger partial charge is 0.264 e. The number of nitrogens with two attached hydrogens (primary N) is 1. The van der Waals surface area contributed by atoms with Crippen molar-refractivity contribution in [1.29, 1.82) is 5.26 Å². The number of nitriles is 1. The highest BCUT2D eigenvalue weighted by Gasteiger charge is 2.09. The van der Waals surface area contributed by atoms with E-state index >= 15 is 0 Å². The van der Waals surface area contributed by atoms with Crippen LogP contribution >= 0.6 is 24.0 Å². The molecule has 1 aliphatic carbocycles. The van der Waals surface area contributed by atoms with Gasteiger partial charge in [0, 0.05) is 24.2 Å². The molecule has 7 heteroatoms. The number of rotatable bonds is 5. The Morgan fingerprint density at radius 3 is 3.05 bits per heavy atom. The van der Waals surface area contributed by atoms with Crippen LogP contribution in [-0.2, 0) is 0 Å². The summed E-state index contributed by atoms with van der Waals surface area (Å²) in [5.74, 6) is 7.90. The fourth-order valence-corrected chi connectivity index (χ4v) is 2.20. The molecule has 1 rings (SSSR count). The molecule has 0 heterocycles. The number of allylic oxidation sites excluding steroid dienone is 6. The van der Waals surface area contributed by atoms with Gasteiger partial charge in [0.2, 0.25) is 0 Å². The third-order valence-electron chi connectivity index (χ3n) is 2.50. The van der Waals surface area contributed by atoms with E-state index < -0.39 is 0 Å². The molecule has 0 aromatic carbocycles. The van der Waals surface area contributed by atoms with E-state index in [1.807, 2.05) is 24.3 Å². The van der Waals surface area contributed by atoms with Crippen LogP contribution < -0.4 is 16.1 Å². The molecule has 0 fully saturated rings. The molecule has 0 aromatic rings. The van der Waals surface area contributed by atoms with Crippen LogP contribution in [0.25, 0.3) is 5.84 Å². The quantitative estimate of drug-likeness (QED) is 0.407. The molecule has 21 heavy (non-hydrogen) atoms. The van der Waals surface area contributed by atoms with Crippen molar-refractivity contribution < 1.29 is 5.01 Å². The number of nitrogens with zero attached hydrogens (tertiary/aromatic N) is 1. The lowest BCUT2D eigenvalue weighted by atomic mass is 10.1. The highest BCUT2D eigenvalue weighted by molar-refractivity contribution is 8.05. The first-order valence-electron chi connectivity index (χ1n) is 6.15. The molecular formula is C14H17N5S2. The standard InChI is InChI=1S/C14H17N5S2/c1-11(21-10-13(16)9-15)19(17)14(20)18-8-7-12-5-3-2-4-6-12/h2-5,7,10,17,19H,1,6,8,16H2,(H,18,20)/b12-7+,13-10-. The van der Waals surface area contributed by atoms with Gasteiger partial charge in [-0.1, -0.05) is 30.4 Å². The van der Waals surface area contributed by atoms with Crippen LogP contribution in [0.2, 0.25) is 0 Å². The van der Waals surface area contributed by atoms with Gasteiger partial charge < -0.3 is 21.9 Å².